The van der Waals surface area contributed by atoms with Crippen molar-refractivity contribution >= 4 is 0 Å². The molecule has 0 radical (unpaired) electrons. The first-order valence-electron chi connectivity index (χ1n) is 6.43. The third kappa shape index (κ3) is 2.15. The molecule has 1 saturated heterocycles. The maximum atomic E-state index is 6.03. The second kappa shape index (κ2) is 4.90. The Hall–Kier alpha value is -2.06. The fraction of sp³-hybridized carbons (Fsp3) is 0.176. The molecule has 0 aliphatic carbocycles. The van der Waals surface area contributed by atoms with Gasteiger partial charge in [-0.1, -0.05) is 67.2 Å². The molecule has 0 spiro atoms. The molecule has 2 heteroatoms. The van der Waals surface area contributed by atoms with Gasteiger partial charge in [0.15, 0.2) is 0 Å². The summed E-state index contributed by atoms with van der Waals surface area (Å²) < 4.78 is 12.1. The van der Waals surface area contributed by atoms with Gasteiger partial charge in [-0.25, -0.2) is 0 Å². The van der Waals surface area contributed by atoms with E-state index < -0.39 is 5.79 Å². The van der Waals surface area contributed by atoms with Gasteiger partial charge in [-0.15, -0.1) is 0 Å². The van der Waals surface area contributed by atoms with Crippen LogP contribution in [0.15, 0.2) is 73.0 Å². The highest BCUT2D eigenvalue weighted by Crippen LogP contribution is 2.40. The minimum Gasteiger partial charge on any atom is -0.458 e. The average molecular weight is 252 g/mol. The van der Waals surface area contributed by atoms with E-state index in [9.17, 15) is 0 Å². The van der Waals surface area contributed by atoms with E-state index in [-0.39, 0.29) is 0 Å². The van der Waals surface area contributed by atoms with Gasteiger partial charge in [-0.3, -0.25) is 0 Å². The van der Waals surface area contributed by atoms with Crippen molar-refractivity contribution in [3.8, 4) is 0 Å². The Bertz CT molecular complexity index is 521. The fourth-order valence-corrected chi connectivity index (χ4v) is 2.36. The summed E-state index contributed by atoms with van der Waals surface area (Å²) in [5, 5.41) is 0. The number of hydrogen-bond acceptors (Lipinski definition) is 2. The minimum atomic E-state index is -0.863. The van der Waals surface area contributed by atoms with Crippen molar-refractivity contribution in [3.63, 3.8) is 0 Å². The molecule has 0 unspecified atom stereocenters. The predicted molar refractivity (Wildman–Crippen MR) is 74.5 cm³/mol. The Balaban J connectivity index is 2.13. The van der Waals surface area contributed by atoms with Crippen molar-refractivity contribution in [3.05, 3.63) is 84.1 Å². The van der Waals surface area contributed by atoms with Crippen molar-refractivity contribution in [2.24, 2.45) is 0 Å². The first-order valence-corrected chi connectivity index (χ1v) is 6.43. The topological polar surface area (TPSA) is 18.5 Å². The smallest absolute Gasteiger partial charge is 0.263 e. The van der Waals surface area contributed by atoms with Crippen molar-refractivity contribution in [1.29, 1.82) is 0 Å². The molecule has 0 amide bonds. The van der Waals surface area contributed by atoms with Crippen molar-refractivity contribution < 1.29 is 9.47 Å². The summed E-state index contributed by atoms with van der Waals surface area (Å²) in [6.45, 7) is 4.57. The van der Waals surface area contributed by atoms with E-state index in [0.717, 1.165) is 23.3 Å². The summed E-state index contributed by atoms with van der Waals surface area (Å²) in [4.78, 5) is 0. The molecule has 96 valence electrons. The summed E-state index contributed by atoms with van der Waals surface area (Å²) in [6, 6.07) is 20.0. The molecule has 1 heterocycles. The van der Waals surface area contributed by atoms with Crippen LogP contribution in [0.4, 0.5) is 0 Å². The zero-order chi connectivity index (χ0) is 13.1. The lowest BCUT2D eigenvalue weighted by Gasteiger charge is -2.39. The molecule has 0 aromatic heterocycles. The molecule has 19 heavy (non-hydrogen) atoms. The van der Waals surface area contributed by atoms with Crippen molar-refractivity contribution in [1.82, 2.24) is 0 Å². The first kappa shape index (κ1) is 12.0. The van der Waals surface area contributed by atoms with Gasteiger partial charge in [0.05, 0.1) is 12.4 Å². The summed E-state index contributed by atoms with van der Waals surface area (Å²) in [6.07, 6.45) is 0.738. The van der Waals surface area contributed by atoms with Gasteiger partial charge in [0, 0.05) is 17.5 Å². The summed E-state index contributed by atoms with van der Waals surface area (Å²) in [7, 11) is 0. The molecule has 0 bridgehead atoms. The van der Waals surface area contributed by atoms with Gasteiger partial charge in [0.1, 0.15) is 0 Å². The average Bonchev–Trinajstić information content (AvgIpc) is 2.49. The van der Waals surface area contributed by atoms with E-state index in [1.165, 1.54) is 0 Å². The number of hydrogen-bond donors (Lipinski definition) is 0. The van der Waals surface area contributed by atoms with Crippen LogP contribution in [0.25, 0.3) is 0 Å². The van der Waals surface area contributed by atoms with E-state index >= 15 is 0 Å². The monoisotopic (exact) mass is 252 g/mol. The Morgan fingerprint density at radius 3 is 1.84 bits per heavy atom. The molecule has 0 atom stereocenters. The van der Waals surface area contributed by atoms with E-state index in [2.05, 4.69) is 6.58 Å². The molecule has 1 fully saturated rings. The minimum absolute atomic E-state index is 0.614. The predicted octanol–water partition coefficient (Wildman–Crippen LogP) is 3.84. The van der Waals surface area contributed by atoms with Gasteiger partial charge in [0.25, 0.3) is 5.79 Å². The maximum Gasteiger partial charge on any atom is 0.263 e. The molecule has 2 nitrogen and oxygen atoms in total. The van der Waals surface area contributed by atoms with Crippen LogP contribution in [0.5, 0.6) is 0 Å². The molecular formula is C17H16O2. The normalized spacial score (nSPS) is 17.8. The Labute approximate surface area is 113 Å². The molecule has 1 aliphatic rings. The molecule has 0 saturated carbocycles. The quantitative estimate of drug-likeness (QED) is 0.808. The standard InChI is InChI=1S/C17H16O2/c1-14-12-13-18-17(19-14,15-8-4-2-5-9-15)16-10-6-3-7-11-16/h2-11H,1,12-13H2. The molecule has 1 aliphatic heterocycles. The summed E-state index contributed by atoms with van der Waals surface area (Å²) >= 11 is 0. The Morgan fingerprint density at radius 2 is 1.37 bits per heavy atom. The highest BCUT2D eigenvalue weighted by Gasteiger charge is 2.40. The lowest BCUT2D eigenvalue weighted by atomic mass is 9.96. The summed E-state index contributed by atoms with van der Waals surface area (Å²) in [5.41, 5.74) is 1.98. The third-order valence-electron chi connectivity index (χ3n) is 3.28. The van der Waals surface area contributed by atoms with Crippen LogP contribution >= 0.6 is 0 Å². The van der Waals surface area contributed by atoms with Crippen molar-refractivity contribution in [2.75, 3.05) is 6.61 Å². The number of rotatable bonds is 2. The van der Waals surface area contributed by atoms with E-state index in [1.807, 2.05) is 60.7 Å². The van der Waals surface area contributed by atoms with E-state index in [1.54, 1.807) is 0 Å². The van der Waals surface area contributed by atoms with Gasteiger partial charge >= 0.3 is 0 Å². The van der Waals surface area contributed by atoms with Crippen LogP contribution < -0.4 is 0 Å². The molecule has 2 aromatic carbocycles. The second-order valence-electron chi connectivity index (χ2n) is 4.59. The second-order valence-corrected chi connectivity index (χ2v) is 4.59. The molecular weight excluding hydrogens is 236 g/mol. The zero-order valence-electron chi connectivity index (χ0n) is 10.7. The number of benzene rings is 2. The SMILES string of the molecule is C=C1CCOC(c2ccccc2)(c2ccccc2)O1. The van der Waals surface area contributed by atoms with Gasteiger partial charge < -0.3 is 9.47 Å². The van der Waals surface area contributed by atoms with Gasteiger partial charge in [0.2, 0.25) is 0 Å². The Kier molecular flexibility index (Phi) is 3.10. The molecule has 2 aromatic rings. The highest BCUT2D eigenvalue weighted by atomic mass is 16.7. The third-order valence-corrected chi connectivity index (χ3v) is 3.28. The lowest BCUT2D eigenvalue weighted by molar-refractivity contribution is -0.221. The van der Waals surface area contributed by atoms with E-state index in [0.29, 0.717) is 6.61 Å². The lowest BCUT2D eigenvalue weighted by Crippen LogP contribution is -2.38. The van der Waals surface area contributed by atoms with Crippen LogP contribution in [-0.2, 0) is 15.3 Å². The first-order chi connectivity index (χ1) is 9.31. The summed E-state index contributed by atoms with van der Waals surface area (Å²) in [5.74, 6) is -0.100. The molecule has 0 N–H and O–H groups in total. The van der Waals surface area contributed by atoms with Crippen LogP contribution in [0.3, 0.4) is 0 Å². The van der Waals surface area contributed by atoms with E-state index in [4.69, 9.17) is 9.47 Å². The molecule has 3 rings (SSSR count). The number of ether oxygens (including phenoxy) is 2. The Morgan fingerprint density at radius 1 is 0.842 bits per heavy atom. The van der Waals surface area contributed by atoms with Crippen LogP contribution in [-0.4, -0.2) is 6.61 Å². The largest absolute Gasteiger partial charge is 0.458 e. The van der Waals surface area contributed by atoms with Crippen LogP contribution in [0.2, 0.25) is 0 Å². The highest BCUT2D eigenvalue weighted by molar-refractivity contribution is 5.34. The van der Waals surface area contributed by atoms with Gasteiger partial charge in [-0.05, 0) is 0 Å². The van der Waals surface area contributed by atoms with Crippen LogP contribution in [0.1, 0.15) is 17.5 Å². The fourth-order valence-electron chi connectivity index (χ4n) is 2.36. The van der Waals surface area contributed by atoms with Crippen molar-refractivity contribution in [2.45, 2.75) is 12.2 Å². The maximum absolute atomic E-state index is 6.03. The van der Waals surface area contributed by atoms with Crippen LogP contribution in [0, 0.1) is 0 Å². The zero-order valence-corrected chi connectivity index (χ0v) is 10.7. The van der Waals surface area contributed by atoms with Gasteiger partial charge in [-0.2, -0.15) is 0 Å².